The highest BCUT2D eigenvalue weighted by Gasteiger charge is 2.23. The Morgan fingerprint density at radius 2 is 2.11 bits per heavy atom. The molecule has 0 saturated carbocycles. The van der Waals surface area contributed by atoms with Crippen LogP contribution in [0.25, 0.3) is 11.4 Å². The van der Waals surface area contributed by atoms with Crippen LogP contribution >= 0.6 is 15.9 Å². The number of piperidine rings is 1. The number of benzene rings is 1. The van der Waals surface area contributed by atoms with Crippen molar-refractivity contribution in [2.45, 2.75) is 18.8 Å². The molecule has 1 aliphatic heterocycles. The highest BCUT2D eigenvalue weighted by molar-refractivity contribution is 9.10. The first-order chi connectivity index (χ1) is 8.83. The fourth-order valence-electron chi connectivity index (χ4n) is 2.29. The number of hydrogen-bond acceptors (Lipinski definition) is 3. The first kappa shape index (κ1) is 11.9. The van der Waals surface area contributed by atoms with Gasteiger partial charge in [0.2, 0.25) is 11.7 Å². The Morgan fingerprint density at radius 1 is 1.28 bits per heavy atom. The highest BCUT2D eigenvalue weighted by Crippen LogP contribution is 2.24. The van der Waals surface area contributed by atoms with Gasteiger partial charge in [-0.25, -0.2) is 0 Å². The smallest absolute Gasteiger partial charge is 0.235 e. The summed E-state index contributed by atoms with van der Waals surface area (Å²) in [6.45, 7) is 2.27. The predicted octanol–water partition coefficient (Wildman–Crippen LogP) is 1.94. The molecular weight excluding hydrogens is 294 g/mol. The maximum atomic E-state index is 5.40. The van der Waals surface area contributed by atoms with Crippen molar-refractivity contribution in [3.63, 3.8) is 0 Å². The van der Waals surface area contributed by atoms with Crippen molar-refractivity contribution in [3.8, 4) is 11.4 Å². The molecule has 2 heterocycles. The molecule has 1 aromatic heterocycles. The lowest BCUT2D eigenvalue weighted by Gasteiger charge is -2.15. The first-order valence-corrected chi connectivity index (χ1v) is 7.03. The van der Waals surface area contributed by atoms with E-state index >= 15 is 0 Å². The molecule has 1 aromatic carbocycles. The van der Waals surface area contributed by atoms with Crippen molar-refractivity contribution in [2.75, 3.05) is 13.1 Å². The quantitative estimate of drug-likeness (QED) is 0.922. The van der Waals surface area contributed by atoms with Gasteiger partial charge < -0.3 is 9.84 Å². The van der Waals surface area contributed by atoms with Crippen LogP contribution in [-0.4, -0.2) is 23.2 Å². The molecule has 1 atom stereocenters. The molecule has 0 spiro atoms. The van der Waals surface area contributed by atoms with Crippen molar-refractivity contribution in [1.29, 1.82) is 0 Å². The van der Waals surface area contributed by atoms with Crippen LogP contribution in [0.1, 0.15) is 24.7 Å². The van der Waals surface area contributed by atoms with Crippen LogP contribution in [0.4, 0.5) is 0 Å². The second-order valence-electron chi connectivity index (χ2n) is 4.62. The normalized spacial score (nSPS) is 19.9. The number of halogens is 1. The number of aromatic nitrogens is 2. The van der Waals surface area contributed by atoms with E-state index < -0.39 is 0 Å². The summed E-state index contributed by atoms with van der Waals surface area (Å²) in [5.41, 5.74) is 0.994. The van der Waals surface area contributed by atoms with Gasteiger partial charge in [-0.2, -0.15) is 4.98 Å². The van der Waals surface area contributed by atoms with Gasteiger partial charge in [-0.05, 0) is 37.1 Å². The number of quaternary nitrogens is 1. The monoisotopic (exact) mass is 308 g/mol. The van der Waals surface area contributed by atoms with E-state index in [0.717, 1.165) is 28.9 Å². The Labute approximate surface area is 114 Å². The molecule has 94 valence electrons. The van der Waals surface area contributed by atoms with Gasteiger partial charge in [0, 0.05) is 10.0 Å². The Balaban J connectivity index is 1.82. The van der Waals surface area contributed by atoms with Gasteiger partial charge >= 0.3 is 0 Å². The molecule has 18 heavy (non-hydrogen) atoms. The maximum Gasteiger partial charge on any atom is 0.235 e. The SMILES string of the molecule is Brc1ccc(-c2noc([C@H]3CCC[NH2+]C3)n2)cc1. The minimum atomic E-state index is 0.412. The van der Waals surface area contributed by atoms with Crippen LogP contribution in [0.3, 0.4) is 0 Å². The molecule has 4 nitrogen and oxygen atoms in total. The van der Waals surface area contributed by atoms with E-state index in [1.165, 1.54) is 13.0 Å². The van der Waals surface area contributed by atoms with Crippen LogP contribution in [0, 0.1) is 0 Å². The topological polar surface area (TPSA) is 55.5 Å². The lowest BCUT2D eigenvalue weighted by Crippen LogP contribution is -2.86. The molecular formula is C13H15BrN3O+. The molecule has 0 aliphatic carbocycles. The second kappa shape index (κ2) is 5.20. The zero-order chi connectivity index (χ0) is 12.4. The third-order valence-corrected chi connectivity index (χ3v) is 3.83. The molecule has 0 amide bonds. The average Bonchev–Trinajstić information content (AvgIpc) is 2.90. The van der Waals surface area contributed by atoms with E-state index in [9.17, 15) is 0 Å². The molecule has 3 rings (SSSR count). The molecule has 0 radical (unpaired) electrons. The number of nitrogens with zero attached hydrogens (tertiary/aromatic N) is 2. The van der Waals surface area contributed by atoms with E-state index in [4.69, 9.17) is 4.52 Å². The minimum Gasteiger partial charge on any atom is -0.346 e. The van der Waals surface area contributed by atoms with Gasteiger partial charge in [-0.1, -0.05) is 21.1 Å². The highest BCUT2D eigenvalue weighted by atomic mass is 79.9. The molecule has 1 aliphatic rings. The average molecular weight is 309 g/mol. The Morgan fingerprint density at radius 3 is 2.83 bits per heavy atom. The molecule has 1 saturated heterocycles. The minimum absolute atomic E-state index is 0.412. The third-order valence-electron chi connectivity index (χ3n) is 3.31. The summed E-state index contributed by atoms with van der Waals surface area (Å²) in [6.07, 6.45) is 2.37. The van der Waals surface area contributed by atoms with Gasteiger partial charge in [0.1, 0.15) is 0 Å². The van der Waals surface area contributed by atoms with Gasteiger partial charge in [0.25, 0.3) is 0 Å². The summed E-state index contributed by atoms with van der Waals surface area (Å²) in [4.78, 5) is 4.52. The zero-order valence-electron chi connectivity index (χ0n) is 9.97. The molecule has 2 aromatic rings. The van der Waals surface area contributed by atoms with Crippen molar-refractivity contribution >= 4 is 15.9 Å². The standard InChI is InChI=1S/C13H14BrN3O/c14-11-5-3-9(4-6-11)12-16-13(18-17-12)10-2-1-7-15-8-10/h3-6,10,15H,1-2,7-8H2/p+1/t10-/m0/s1. The number of hydrogen-bond donors (Lipinski definition) is 1. The summed E-state index contributed by atoms with van der Waals surface area (Å²) in [5.74, 6) is 1.88. The predicted molar refractivity (Wildman–Crippen MR) is 71.1 cm³/mol. The van der Waals surface area contributed by atoms with Gasteiger partial charge in [-0.15, -0.1) is 0 Å². The Bertz CT molecular complexity index is 517. The summed E-state index contributed by atoms with van der Waals surface area (Å²) in [5, 5.41) is 6.39. The zero-order valence-corrected chi connectivity index (χ0v) is 11.6. The van der Waals surface area contributed by atoms with E-state index in [1.54, 1.807) is 0 Å². The summed E-state index contributed by atoms with van der Waals surface area (Å²) < 4.78 is 6.45. The van der Waals surface area contributed by atoms with Crippen molar-refractivity contribution in [2.24, 2.45) is 0 Å². The summed E-state index contributed by atoms with van der Waals surface area (Å²) in [7, 11) is 0. The summed E-state index contributed by atoms with van der Waals surface area (Å²) >= 11 is 3.42. The van der Waals surface area contributed by atoms with Crippen molar-refractivity contribution in [1.82, 2.24) is 10.1 Å². The van der Waals surface area contributed by atoms with Gasteiger partial charge in [-0.3, -0.25) is 0 Å². The number of nitrogens with two attached hydrogens (primary N) is 1. The van der Waals surface area contributed by atoms with E-state index in [-0.39, 0.29) is 0 Å². The van der Waals surface area contributed by atoms with E-state index in [1.807, 2.05) is 24.3 Å². The Kier molecular flexibility index (Phi) is 3.43. The molecule has 5 heteroatoms. The second-order valence-corrected chi connectivity index (χ2v) is 5.53. The lowest BCUT2D eigenvalue weighted by molar-refractivity contribution is -0.665. The van der Waals surface area contributed by atoms with Crippen LogP contribution in [0.5, 0.6) is 0 Å². The fraction of sp³-hybridized carbons (Fsp3) is 0.385. The fourth-order valence-corrected chi connectivity index (χ4v) is 2.55. The molecule has 2 N–H and O–H groups in total. The summed E-state index contributed by atoms with van der Waals surface area (Å²) in [6, 6.07) is 7.96. The maximum absolute atomic E-state index is 5.40. The number of rotatable bonds is 2. The molecule has 0 unspecified atom stereocenters. The van der Waals surface area contributed by atoms with Crippen LogP contribution in [-0.2, 0) is 0 Å². The van der Waals surface area contributed by atoms with Crippen LogP contribution in [0.2, 0.25) is 0 Å². The van der Waals surface area contributed by atoms with Crippen molar-refractivity contribution < 1.29 is 9.84 Å². The lowest BCUT2D eigenvalue weighted by atomic mass is 10.00. The van der Waals surface area contributed by atoms with E-state index in [0.29, 0.717) is 11.7 Å². The molecule has 1 fully saturated rings. The largest absolute Gasteiger partial charge is 0.346 e. The van der Waals surface area contributed by atoms with Gasteiger partial charge in [0.05, 0.1) is 19.0 Å². The Hall–Kier alpha value is -1.20. The van der Waals surface area contributed by atoms with E-state index in [2.05, 4.69) is 31.4 Å². The molecule has 0 bridgehead atoms. The van der Waals surface area contributed by atoms with Crippen molar-refractivity contribution in [3.05, 3.63) is 34.6 Å². The van der Waals surface area contributed by atoms with Crippen LogP contribution in [0.15, 0.2) is 33.3 Å². The first-order valence-electron chi connectivity index (χ1n) is 6.24. The van der Waals surface area contributed by atoms with Crippen LogP contribution < -0.4 is 5.32 Å². The van der Waals surface area contributed by atoms with Gasteiger partial charge in [0.15, 0.2) is 0 Å². The third kappa shape index (κ3) is 2.47.